The number of fused-ring (bicyclic) bond motifs is 15. The maximum Gasteiger partial charge on any atom is 0.0815 e. The number of hydrogen-bond donors (Lipinski definition) is 0. The quantitative estimate of drug-likeness (QED) is 0.187. The summed E-state index contributed by atoms with van der Waals surface area (Å²) in [6.07, 6.45) is 3.48. The maximum absolute atomic E-state index is 2.78. The fourth-order valence-electron chi connectivity index (χ4n) is 8.01. The van der Waals surface area contributed by atoms with Crippen molar-refractivity contribution in [2.45, 2.75) is 18.5 Å². The van der Waals surface area contributed by atoms with E-state index in [1.54, 1.807) is 0 Å². The first-order valence-electron chi connectivity index (χ1n) is 15.0. The summed E-state index contributed by atoms with van der Waals surface area (Å²) in [5, 5.41) is 7.80. The van der Waals surface area contributed by atoms with Crippen molar-refractivity contribution >= 4 is 49.7 Å². The highest BCUT2D eigenvalue weighted by atomic mass is 15.2. The van der Waals surface area contributed by atoms with E-state index in [4.69, 9.17) is 0 Å². The molecule has 1 aliphatic carbocycles. The van der Waals surface area contributed by atoms with E-state index in [1.165, 1.54) is 82.5 Å². The van der Waals surface area contributed by atoms with Crippen molar-refractivity contribution < 1.29 is 0 Å². The largest absolute Gasteiger partial charge is 0.352 e. The second-order valence-electron chi connectivity index (χ2n) is 12.1. The van der Waals surface area contributed by atoms with Crippen LogP contribution < -0.4 is 4.90 Å². The van der Waals surface area contributed by atoms with Gasteiger partial charge in [0.25, 0.3) is 0 Å². The fraction of sp³-hybridized carbons (Fsp3) is 0.0732. The zero-order chi connectivity index (χ0) is 27.4. The summed E-state index contributed by atoms with van der Waals surface area (Å²) < 4.78 is 0. The minimum atomic E-state index is 0.130. The normalized spacial score (nSPS) is 18.0. The Kier molecular flexibility index (Phi) is 4.40. The van der Waals surface area contributed by atoms with Crippen LogP contribution in [0.2, 0.25) is 0 Å². The molecule has 2 aliphatic heterocycles. The third-order valence-corrected chi connectivity index (χ3v) is 9.92. The summed E-state index contributed by atoms with van der Waals surface area (Å²) in [4.78, 5) is 2.78. The lowest BCUT2D eigenvalue weighted by atomic mass is 9.72. The van der Waals surface area contributed by atoms with Crippen LogP contribution in [0.1, 0.15) is 33.9 Å². The van der Waals surface area contributed by atoms with Gasteiger partial charge in [0.1, 0.15) is 0 Å². The van der Waals surface area contributed by atoms with Crippen molar-refractivity contribution in [3.8, 4) is 11.1 Å². The van der Waals surface area contributed by atoms with Crippen molar-refractivity contribution in [3.05, 3.63) is 161 Å². The molecule has 7 aromatic rings. The molecule has 0 saturated carbocycles. The SMILES string of the molecule is C1=C2c3cc4ccccc4cc3C3c4cc5ccccc5cc4-c4cc5ccccc5cc4N3C2Cc2ccccc21. The fourth-order valence-corrected chi connectivity index (χ4v) is 8.01. The minimum absolute atomic E-state index is 0.130. The minimum Gasteiger partial charge on any atom is -0.352 e. The Morgan fingerprint density at radius 3 is 1.64 bits per heavy atom. The van der Waals surface area contributed by atoms with E-state index in [0.717, 1.165) is 6.42 Å². The smallest absolute Gasteiger partial charge is 0.0815 e. The molecule has 0 fully saturated rings. The van der Waals surface area contributed by atoms with Gasteiger partial charge in [-0.25, -0.2) is 0 Å². The summed E-state index contributed by atoms with van der Waals surface area (Å²) in [5.41, 5.74) is 12.5. The molecule has 0 bridgehead atoms. The zero-order valence-corrected chi connectivity index (χ0v) is 23.1. The Morgan fingerprint density at radius 2 is 0.976 bits per heavy atom. The lowest BCUT2D eigenvalue weighted by Gasteiger charge is -2.51. The highest BCUT2D eigenvalue weighted by molar-refractivity contribution is 6.04. The van der Waals surface area contributed by atoms with Crippen LogP contribution in [0.15, 0.2) is 133 Å². The molecule has 1 nitrogen and oxygen atoms in total. The van der Waals surface area contributed by atoms with Crippen LogP contribution in [0, 0.1) is 0 Å². The van der Waals surface area contributed by atoms with Crippen molar-refractivity contribution in [2.24, 2.45) is 0 Å². The third-order valence-electron chi connectivity index (χ3n) is 9.92. The third kappa shape index (κ3) is 3.03. The molecular weight excluding hydrogens is 506 g/mol. The average molecular weight is 534 g/mol. The molecular formula is C41H27N. The zero-order valence-electron chi connectivity index (χ0n) is 23.1. The monoisotopic (exact) mass is 533 g/mol. The van der Waals surface area contributed by atoms with E-state index in [0.29, 0.717) is 0 Å². The highest BCUT2D eigenvalue weighted by Gasteiger charge is 2.44. The van der Waals surface area contributed by atoms with Crippen LogP contribution in [0.25, 0.3) is 55.1 Å². The molecule has 0 saturated heterocycles. The molecule has 2 atom stereocenters. The lowest BCUT2D eigenvalue weighted by molar-refractivity contribution is 0.606. The molecule has 2 heterocycles. The Balaban J connectivity index is 1.36. The van der Waals surface area contributed by atoms with Gasteiger partial charge in [-0.2, -0.15) is 0 Å². The summed E-state index contributed by atoms with van der Waals surface area (Å²) in [6, 6.07) is 50.6. The van der Waals surface area contributed by atoms with Crippen molar-refractivity contribution in [3.63, 3.8) is 0 Å². The van der Waals surface area contributed by atoms with Gasteiger partial charge in [0.05, 0.1) is 12.1 Å². The Morgan fingerprint density at radius 1 is 0.476 bits per heavy atom. The number of nitrogens with zero attached hydrogens (tertiary/aromatic N) is 1. The summed E-state index contributed by atoms with van der Waals surface area (Å²) >= 11 is 0. The Hall–Kier alpha value is -5.14. The van der Waals surface area contributed by atoms with Gasteiger partial charge in [-0.1, -0.05) is 97.1 Å². The molecule has 0 spiro atoms. The summed E-state index contributed by atoms with van der Waals surface area (Å²) in [7, 11) is 0. The molecule has 1 heteroatoms. The molecule has 196 valence electrons. The van der Waals surface area contributed by atoms with Crippen LogP contribution in [-0.2, 0) is 6.42 Å². The molecule has 0 aromatic heterocycles. The molecule has 0 radical (unpaired) electrons. The van der Waals surface area contributed by atoms with Crippen molar-refractivity contribution in [1.82, 2.24) is 0 Å². The van der Waals surface area contributed by atoms with E-state index in [2.05, 4.69) is 144 Å². The van der Waals surface area contributed by atoms with Gasteiger partial charge in [-0.3, -0.25) is 0 Å². The van der Waals surface area contributed by atoms with Gasteiger partial charge in [0.15, 0.2) is 0 Å². The average Bonchev–Trinajstić information content (AvgIpc) is 3.05. The maximum atomic E-state index is 2.78. The van der Waals surface area contributed by atoms with Crippen LogP contribution in [0.4, 0.5) is 5.69 Å². The highest BCUT2D eigenvalue weighted by Crippen LogP contribution is 2.56. The van der Waals surface area contributed by atoms with E-state index in [1.807, 2.05) is 0 Å². The van der Waals surface area contributed by atoms with Crippen LogP contribution >= 0.6 is 0 Å². The van der Waals surface area contributed by atoms with Crippen molar-refractivity contribution in [1.29, 1.82) is 0 Å². The first-order valence-corrected chi connectivity index (χ1v) is 15.0. The summed E-state index contributed by atoms with van der Waals surface area (Å²) in [6.45, 7) is 0. The van der Waals surface area contributed by atoms with Crippen LogP contribution in [-0.4, -0.2) is 6.04 Å². The number of anilines is 1. The number of benzene rings is 7. The van der Waals surface area contributed by atoms with Gasteiger partial charge in [0.2, 0.25) is 0 Å². The second-order valence-corrected chi connectivity index (χ2v) is 12.1. The Bertz CT molecular complexity index is 2310. The Labute approximate surface area is 245 Å². The van der Waals surface area contributed by atoms with Gasteiger partial charge in [-0.15, -0.1) is 0 Å². The molecule has 10 rings (SSSR count). The standard InChI is InChI=1S/C41H27N/c1-3-13-29-21-37-33(17-25(29)9-1)35-19-27-11-5-7-15-31(27)23-39(35)42-40-24-32-16-8-6-12-28(32)20-36(40)34-18-26-10-2-4-14-30(26)22-38(34)41(37)42/h1-23,40-41H,24H2. The molecule has 2 unspecified atom stereocenters. The first kappa shape index (κ1) is 22.5. The van der Waals surface area contributed by atoms with Crippen LogP contribution in [0.3, 0.4) is 0 Å². The van der Waals surface area contributed by atoms with Crippen LogP contribution in [0.5, 0.6) is 0 Å². The number of hydrogen-bond acceptors (Lipinski definition) is 1. The number of rotatable bonds is 0. The molecule has 0 N–H and O–H groups in total. The van der Waals surface area contributed by atoms with E-state index >= 15 is 0 Å². The molecule has 0 amide bonds. The molecule has 3 aliphatic rings. The van der Waals surface area contributed by atoms with E-state index in [-0.39, 0.29) is 12.1 Å². The van der Waals surface area contributed by atoms with Crippen molar-refractivity contribution in [2.75, 3.05) is 4.90 Å². The lowest BCUT2D eigenvalue weighted by Crippen LogP contribution is -2.47. The van der Waals surface area contributed by atoms with E-state index < -0.39 is 0 Å². The second kappa shape index (κ2) is 8.21. The van der Waals surface area contributed by atoms with E-state index in [9.17, 15) is 0 Å². The first-order chi connectivity index (χ1) is 20.8. The topological polar surface area (TPSA) is 3.24 Å². The molecule has 7 aromatic carbocycles. The van der Waals surface area contributed by atoms with Gasteiger partial charge >= 0.3 is 0 Å². The predicted molar refractivity (Wildman–Crippen MR) is 177 cm³/mol. The summed E-state index contributed by atoms with van der Waals surface area (Å²) in [5.74, 6) is 0. The molecule has 42 heavy (non-hydrogen) atoms. The van der Waals surface area contributed by atoms with Gasteiger partial charge in [0, 0.05) is 11.3 Å². The van der Waals surface area contributed by atoms with Gasteiger partial charge < -0.3 is 4.90 Å². The van der Waals surface area contributed by atoms with Gasteiger partial charge in [-0.05, 0) is 120 Å². The predicted octanol–water partition coefficient (Wildman–Crippen LogP) is 10.2.